The second kappa shape index (κ2) is 6.59. The number of pyridine rings is 1. The topological polar surface area (TPSA) is 56.0 Å². The van der Waals surface area contributed by atoms with Crippen molar-refractivity contribution in [3.05, 3.63) is 71.4 Å². The van der Waals surface area contributed by atoms with Crippen LogP contribution in [0.1, 0.15) is 5.56 Å². The summed E-state index contributed by atoms with van der Waals surface area (Å²) in [7, 11) is 0. The Morgan fingerprint density at radius 1 is 0.958 bits per heavy atom. The van der Waals surface area contributed by atoms with Crippen molar-refractivity contribution < 1.29 is 0 Å². The lowest BCUT2D eigenvalue weighted by atomic mass is 10.2. The van der Waals surface area contributed by atoms with Crippen LogP contribution in [0.3, 0.4) is 0 Å². The van der Waals surface area contributed by atoms with Crippen LogP contribution in [0.4, 0.5) is 0 Å². The Kier molecular flexibility index (Phi) is 4.15. The van der Waals surface area contributed by atoms with Crippen LogP contribution in [0, 0.1) is 0 Å². The Balaban J connectivity index is 1.61. The molecule has 1 aromatic carbocycles. The first-order valence-electron chi connectivity index (χ1n) is 7.31. The molecule has 24 heavy (non-hydrogen) atoms. The van der Waals surface area contributed by atoms with Gasteiger partial charge in [-0.2, -0.15) is 9.61 Å². The summed E-state index contributed by atoms with van der Waals surface area (Å²) in [6.45, 7) is 0. The highest BCUT2D eigenvalue weighted by Crippen LogP contribution is 2.23. The van der Waals surface area contributed by atoms with E-state index in [1.807, 2.05) is 54.6 Å². The number of halogens is 1. The van der Waals surface area contributed by atoms with Gasteiger partial charge in [0.2, 0.25) is 5.82 Å². The van der Waals surface area contributed by atoms with Crippen molar-refractivity contribution >= 4 is 29.0 Å². The third kappa shape index (κ3) is 3.11. The molecule has 3 heterocycles. The molecule has 7 heteroatoms. The third-order valence-corrected chi connectivity index (χ3v) is 4.68. The van der Waals surface area contributed by atoms with E-state index in [4.69, 9.17) is 11.6 Å². The first-order valence-corrected chi connectivity index (χ1v) is 8.67. The van der Waals surface area contributed by atoms with Gasteiger partial charge in [0.05, 0.1) is 0 Å². The molecule has 4 aromatic rings. The van der Waals surface area contributed by atoms with E-state index in [1.165, 1.54) is 5.56 Å². The summed E-state index contributed by atoms with van der Waals surface area (Å²) in [5.41, 5.74) is 2.64. The maximum Gasteiger partial charge on any atom is 0.203 e. The summed E-state index contributed by atoms with van der Waals surface area (Å²) in [6.07, 6.45) is 1.73. The molecule has 3 aromatic heterocycles. The Bertz CT molecular complexity index is 969. The summed E-state index contributed by atoms with van der Waals surface area (Å²) in [4.78, 5) is 4.32. The molecule has 0 aliphatic rings. The van der Waals surface area contributed by atoms with Gasteiger partial charge in [-0.15, -0.1) is 10.2 Å². The molecule has 0 saturated carbocycles. The van der Waals surface area contributed by atoms with Gasteiger partial charge in [-0.05, 0) is 42.0 Å². The smallest absolute Gasteiger partial charge is 0.203 e. The van der Waals surface area contributed by atoms with E-state index in [-0.39, 0.29) is 0 Å². The van der Waals surface area contributed by atoms with E-state index in [0.717, 1.165) is 21.5 Å². The molecular formula is C17H12ClN5S. The Labute approximate surface area is 147 Å². The molecule has 0 amide bonds. The fourth-order valence-corrected chi connectivity index (χ4v) is 3.18. The summed E-state index contributed by atoms with van der Waals surface area (Å²) < 4.78 is 1.73. The zero-order valence-corrected chi connectivity index (χ0v) is 14.1. The minimum atomic E-state index is 0.638. The number of thioether (sulfide) groups is 1. The fourth-order valence-electron chi connectivity index (χ4n) is 2.24. The molecule has 0 aliphatic carbocycles. The van der Waals surface area contributed by atoms with Gasteiger partial charge in [-0.1, -0.05) is 41.6 Å². The molecule has 118 valence electrons. The van der Waals surface area contributed by atoms with E-state index < -0.39 is 0 Å². The van der Waals surface area contributed by atoms with E-state index in [9.17, 15) is 0 Å². The zero-order chi connectivity index (χ0) is 16.4. The highest BCUT2D eigenvalue weighted by molar-refractivity contribution is 7.98. The van der Waals surface area contributed by atoms with Gasteiger partial charge in [0.15, 0.2) is 5.65 Å². The number of nitrogens with zero attached hydrogens (tertiary/aromatic N) is 5. The third-order valence-electron chi connectivity index (χ3n) is 3.43. The summed E-state index contributed by atoms with van der Waals surface area (Å²) >= 11 is 7.57. The van der Waals surface area contributed by atoms with Crippen molar-refractivity contribution in [1.82, 2.24) is 24.8 Å². The van der Waals surface area contributed by atoms with Crippen LogP contribution in [0.5, 0.6) is 0 Å². The highest BCUT2D eigenvalue weighted by Gasteiger charge is 2.11. The number of hydrogen-bond donors (Lipinski definition) is 0. The molecule has 0 bridgehead atoms. The molecule has 0 aliphatic heterocycles. The van der Waals surface area contributed by atoms with Gasteiger partial charge in [-0.25, -0.2) is 0 Å². The molecule has 0 unspecified atom stereocenters. The zero-order valence-electron chi connectivity index (χ0n) is 12.5. The molecule has 0 radical (unpaired) electrons. The predicted molar refractivity (Wildman–Crippen MR) is 95.0 cm³/mol. The summed E-state index contributed by atoms with van der Waals surface area (Å²) in [6, 6.07) is 17.4. The van der Waals surface area contributed by atoms with Crippen molar-refractivity contribution in [2.75, 3.05) is 0 Å². The summed E-state index contributed by atoms with van der Waals surface area (Å²) in [5, 5.41) is 14.6. The lowest BCUT2D eigenvalue weighted by Gasteiger charge is -2.03. The largest absolute Gasteiger partial charge is 0.253 e. The quantitative estimate of drug-likeness (QED) is 0.516. The van der Waals surface area contributed by atoms with Crippen molar-refractivity contribution in [3.63, 3.8) is 0 Å². The lowest BCUT2D eigenvalue weighted by molar-refractivity contribution is 0.857. The van der Waals surface area contributed by atoms with Crippen LogP contribution in [-0.2, 0) is 5.75 Å². The van der Waals surface area contributed by atoms with Crippen LogP contribution in [0.25, 0.3) is 17.2 Å². The minimum absolute atomic E-state index is 0.638. The molecule has 0 atom stereocenters. The second-order valence-corrected chi connectivity index (χ2v) is 6.53. The molecule has 0 fully saturated rings. The van der Waals surface area contributed by atoms with Crippen molar-refractivity contribution in [2.24, 2.45) is 0 Å². The number of benzene rings is 1. The van der Waals surface area contributed by atoms with Gasteiger partial charge >= 0.3 is 0 Å². The SMILES string of the molecule is Clc1ccc(CSc2ccc3nnc(-c4ccccn4)n3n2)cc1. The molecule has 0 N–H and O–H groups in total. The Hall–Kier alpha value is -2.44. The van der Waals surface area contributed by atoms with Crippen LogP contribution < -0.4 is 0 Å². The normalized spacial score (nSPS) is 11.0. The lowest BCUT2D eigenvalue weighted by Crippen LogP contribution is -1.97. The van der Waals surface area contributed by atoms with E-state index >= 15 is 0 Å². The molecule has 4 rings (SSSR count). The van der Waals surface area contributed by atoms with Crippen LogP contribution in [0.15, 0.2) is 65.8 Å². The van der Waals surface area contributed by atoms with Gasteiger partial charge in [0.1, 0.15) is 10.7 Å². The average Bonchev–Trinajstić information content (AvgIpc) is 3.05. The minimum Gasteiger partial charge on any atom is -0.253 e. The Morgan fingerprint density at radius 3 is 2.62 bits per heavy atom. The monoisotopic (exact) mass is 353 g/mol. The average molecular weight is 354 g/mol. The van der Waals surface area contributed by atoms with Crippen molar-refractivity contribution in [3.8, 4) is 11.5 Å². The highest BCUT2D eigenvalue weighted by atomic mass is 35.5. The maximum atomic E-state index is 5.92. The van der Waals surface area contributed by atoms with Gasteiger partial charge in [-0.3, -0.25) is 4.98 Å². The van der Waals surface area contributed by atoms with E-state index in [0.29, 0.717) is 11.5 Å². The van der Waals surface area contributed by atoms with Crippen molar-refractivity contribution in [2.45, 2.75) is 10.8 Å². The van der Waals surface area contributed by atoms with E-state index in [1.54, 1.807) is 22.5 Å². The van der Waals surface area contributed by atoms with Crippen LogP contribution in [-0.4, -0.2) is 24.8 Å². The first kappa shape index (κ1) is 15.1. The van der Waals surface area contributed by atoms with Crippen molar-refractivity contribution in [1.29, 1.82) is 0 Å². The van der Waals surface area contributed by atoms with Crippen LogP contribution >= 0.6 is 23.4 Å². The van der Waals surface area contributed by atoms with Gasteiger partial charge in [0, 0.05) is 17.0 Å². The molecule has 0 spiro atoms. The number of hydrogen-bond acceptors (Lipinski definition) is 5. The predicted octanol–water partition coefficient (Wildman–Crippen LogP) is 4.13. The number of fused-ring (bicyclic) bond motifs is 1. The summed E-state index contributed by atoms with van der Waals surface area (Å²) in [5.74, 6) is 1.45. The number of aromatic nitrogens is 5. The molecular weight excluding hydrogens is 342 g/mol. The standard InChI is InChI=1S/C17H12ClN5S/c18-13-6-4-12(5-7-13)11-24-16-9-8-15-20-21-17(23(15)22-16)14-3-1-2-10-19-14/h1-10H,11H2. The number of rotatable bonds is 4. The fraction of sp³-hybridized carbons (Fsp3) is 0.0588. The molecule has 5 nitrogen and oxygen atoms in total. The van der Waals surface area contributed by atoms with E-state index in [2.05, 4.69) is 20.3 Å². The van der Waals surface area contributed by atoms with Gasteiger partial charge in [0.25, 0.3) is 0 Å². The second-order valence-electron chi connectivity index (χ2n) is 5.10. The Morgan fingerprint density at radius 2 is 1.83 bits per heavy atom. The first-order chi connectivity index (χ1) is 11.8. The molecule has 0 saturated heterocycles. The maximum absolute atomic E-state index is 5.92. The van der Waals surface area contributed by atoms with Crippen LogP contribution in [0.2, 0.25) is 5.02 Å². The van der Waals surface area contributed by atoms with Gasteiger partial charge < -0.3 is 0 Å².